The minimum absolute atomic E-state index is 0.0373. The van der Waals surface area contributed by atoms with Gasteiger partial charge in [0, 0.05) is 6.04 Å². The molecule has 10 heteroatoms. The van der Waals surface area contributed by atoms with E-state index in [1.54, 1.807) is 12.1 Å². The van der Waals surface area contributed by atoms with Gasteiger partial charge in [0.2, 0.25) is 0 Å². The first-order valence-corrected chi connectivity index (χ1v) is 13.4. The Hall–Kier alpha value is -1.65. The molecule has 0 unspecified atom stereocenters. The maximum Gasteiger partial charge on any atom is 0.308 e. The number of sulfone groups is 2. The highest BCUT2D eigenvalue weighted by atomic mass is 32.2. The number of carbonyl (C=O) groups is 1. The molecular weight excluding hydrogens is 430 g/mol. The van der Waals surface area contributed by atoms with Crippen molar-refractivity contribution in [1.29, 1.82) is 0 Å². The fourth-order valence-corrected chi connectivity index (χ4v) is 9.05. The Morgan fingerprint density at radius 1 is 1.10 bits per heavy atom. The highest BCUT2D eigenvalue weighted by molar-refractivity contribution is 7.96. The molecule has 0 spiro atoms. The van der Waals surface area contributed by atoms with Crippen LogP contribution in [0.15, 0.2) is 29.2 Å². The van der Waals surface area contributed by atoms with Crippen molar-refractivity contribution in [2.45, 2.75) is 49.0 Å². The Balaban J connectivity index is 1.81. The normalized spacial score (nSPS) is 25.3. The number of ether oxygens (including phenoxy) is 2. The van der Waals surface area contributed by atoms with Crippen molar-refractivity contribution >= 4 is 25.6 Å². The summed E-state index contributed by atoms with van der Waals surface area (Å²) in [7, 11) is -5.99. The van der Waals surface area contributed by atoms with Crippen LogP contribution in [0.2, 0.25) is 0 Å². The largest absolute Gasteiger partial charge is 0.491 e. The van der Waals surface area contributed by atoms with Gasteiger partial charge in [-0.15, -0.1) is 0 Å². The molecule has 2 atom stereocenters. The maximum absolute atomic E-state index is 13.3. The lowest BCUT2D eigenvalue weighted by molar-refractivity contribution is -0.147. The van der Waals surface area contributed by atoms with Crippen LogP contribution in [0.3, 0.4) is 0 Å². The second-order valence-electron chi connectivity index (χ2n) is 8.20. The molecule has 0 aromatic heterocycles. The standard InChI is InChI=1S/C20H29NO7S2/c1-14(2)28-16-4-6-17(7-5-16)30(25,26)19-13-29(23,24)12-18(19)21-10-8-15(9-11-21)20(22)27-3/h4-7,14-15,18-19H,8-13H2,1-3H3/t18-,19-/m0/s1. The molecule has 2 saturated heterocycles. The second-order valence-corrected chi connectivity index (χ2v) is 12.5. The summed E-state index contributed by atoms with van der Waals surface area (Å²) < 4.78 is 61.8. The van der Waals surface area contributed by atoms with Crippen molar-refractivity contribution in [1.82, 2.24) is 4.90 Å². The van der Waals surface area contributed by atoms with E-state index in [-0.39, 0.29) is 34.4 Å². The lowest BCUT2D eigenvalue weighted by Gasteiger charge is -2.36. The molecule has 2 aliphatic heterocycles. The lowest BCUT2D eigenvalue weighted by atomic mass is 9.95. The maximum atomic E-state index is 13.3. The van der Waals surface area contributed by atoms with E-state index in [9.17, 15) is 21.6 Å². The number of hydrogen-bond donors (Lipinski definition) is 0. The van der Waals surface area contributed by atoms with Crippen LogP contribution in [0, 0.1) is 5.92 Å². The molecular formula is C20H29NO7S2. The van der Waals surface area contributed by atoms with E-state index in [1.807, 2.05) is 18.7 Å². The van der Waals surface area contributed by atoms with Crippen LogP contribution < -0.4 is 4.74 Å². The van der Waals surface area contributed by atoms with E-state index in [0.29, 0.717) is 31.7 Å². The predicted molar refractivity (Wildman–Crippen MR) is 112 cm³/mol. The van der Waals surface area contributed by atoms with Gasteiger partial charge in [0.1, 0.15) is 5.75 Å². The third-order valence-electron chi connectivity index (χ3n) is 5.73. The average molecular weight is 460 g/mol. The number of nitrogens with zero attached hydrogens (tertiary/aromatic N) is 1. The molecule has 0 saturated carbocycles. The SMILES string of the molecule is COC(=O)C1CCN([C@H]2CS(=O)(=O)C[C@@H]2S(=O)(=O)c2ccc(OC(C)C)cc2)CC1. The summed E-state index contributed by atoms with van der Waals surface area (Å²) in [5.41, 5.74) is 0. The van der Waals surface area contributed by atoms with Crippen molar-refractivity contribution in [3.05, 3.63) is 24.3 Å². The van der Waals surface area contributed by atoms with Gasteiger partial charge in [-0.05, 0) is 64.0 Å². The molecule has 2 aliphatic rings. The summed E-state index contributed by atoms with van der Waals surface area (Å²) in [6.45, 7) is 4.68. The number of rotatable bonds is 6. The molecule has 0 aliphatic carbocycles. The molecule has 1 aromatic carbocycles. The molecule has 30 heavy (non-hydrogen) atoms. The van der Waals surface area contributed by atoms with E-state index >= 15 is 0 Å². The first-order valence-electron chi connectivity index (χ1n) is 10.1. The van der Waals surface area contributed by atoms with Gasteiger partial charge < -0.3 is 9.47 Å². The summed E-state index contributed by atoms with van der Waals surface area (Å²) in [4.78, 5) is 13.8. The van der Waals surface area contributed by atoms with E-state index < -0.39 is 31.0 Å². The van der Waals surface area contributed by atoms with Crippen LogP contribution in [0.5, 0.6) is 5.75 Å². The van der Waals surface area contributed by atoms with E-state index in [2.05, 4.69) is 0 Å². The first-order chi connectivity index (χ1) is 14.0. The lowest BCUT2D eigenvalue weighted by Crippen LogP contribution is -2.50. The zero-order chi connectivity index (χ0) is 22.1. The Labute approximate surface area is 178 Å². The van der Waals surface area contributed by atoms with E-state index in [1.165, 1.54) is 19.2 Å². The Morgan fingerprint density at radius 2 is 1.70 bits per heavy atom. The van der Waals surface area contributed by atoms with Crippen LogP contribution in [-0.4, -0.2) is 76.8 Å². The van der Waals surface area contributed by atoms with Gasteiger partial charge in [0.15, 0.2) is 19.7 Å². The minimum Gasteiger partial charge on any atom is -0.491 e. The molecule has 0 amide bonds. The van der Waals surface area contributed by atoms with Gasteiger partial charge >= 0.3 is 5.97 Å². The summed E-state index contributed by atoms with van der Waals surface area (Å²) in [5, 5.41) is -1.03. The molecule has 1 aromatic rings. The average Bonchev–Trinajstić information content (AvgIpc) is 3.04. The van der Waals surface area contributed by atoms with Crippen LogP contribution in [0.25, 0.3) is 0 Å². The highest BCUT2D eigenvalue weighted by Crippen LogP contribution is 2.32. The monoisotopic (exact) mass is 459 g/mol. The fourth-order valence-electron chi connectivity index (χ4n) is 4.22. The molecule has 0 bridgehead atoms. The highest BCUT2D eigenvalue weighted by Gasteiger charge is 2.49. The van der Waals surface area contributed by atoms with Crippen LogP contribution in [0.1, 0.15) is 26.7 Å². The van der Waals surface area contributed by atoms with Gasteiger partial charge in [0.25, 0.3) is 0 Å². The Kier molecular flexibility index (Phi) is 6.78. The second kappa shape index (κ2) is 8.84. The van der Waals surface area contributed by atoms with Gasteiger partial charge in [-0.1, -0.05) is 0 Å². The number of methoxy groups -OCH3 is 1. The number of esters is 1. The molecule has 0 radical (unpaired) electrons. The minimum atomic E-state index is -3.86. The topological polar surface area (TPSA) is 107 Å². The van der Waals surface area contributed by atoms with Crippen LogP contribution in [0.4, 0.5) is 0 Å². The molecule has 3 rings (SSSR count). The van der Waals surface area contributed by atoms with Gasteiger partial charge in [-0.2, -0.15) is 0 Å². The number of hydrogen-bond acceptors (Lipinski definition) is 8. The van der Waals surface area contributed by atoms with Gasteiger partial charge in [-0.3, -0.25) is 9.69 Å². The Morgan fingerprint density at radius 3 is 2.23 bits per heavy atom. The molecule has 0 N–H and O–H groups in total. The smallest absolute Gasteiger partial charge is 0.308 e. The summed E-state index contributed by atoms with van der Waals surface area (Å²) in [5.74, 6) is -0.519. The number of carbonyl (C=O) groups excluding carboxylic acids is 1. The Bertz CT molecular complexity index is 963. The van der Waals surface area contributed by atoms with Crippen LogP contribution in [-0.2, 0) is 29.2 Å². The third kappa shape index (κ3) is 4.97. The van der Waals surface area contributed by atoms with Crippen molar-refractivity contribution < 1.29 is 31.1 Å². The van der Waals surface area contributed by atoms with Crippen molar-refractivity contribution in [3.8, 4) is 5.75 Å². The number of likely N-dealkylation sites (tertiary alicyclic amines) is 1. The van der Waals surface area contributed by atoms with Crippen LogP contribution >= 0.6 is 0 Å². The van der Waals surface area contributed by atoms with Crippen molar-refractivity contribution in [3.63, 3.8) is 0 Å². The number of benzene rings is 1. The third-order valence-corrected chi connectivity index (χ3v) is 9.86. The van der Waals surface area contributed by atoms with Crippen molar-refractivity contribution in [2.75, 3.05) is 31.7 Å². The number of piperidine rings is 1. The van der Waals surface area contributed by atoms with Crippen molar-refractivity contribution in [2.24, 2.45) is 5.92 Å². The molecule has 2 heterocycles. The summed E-state index contributed by atoms with van der Waals surface area (Å²) in [6.07, 6.45) is 1.01. The van der Waals surface area contributed by atoms with E-state index in [0.717, 1.165) is 0 Å². The quantitative estimate of drug-likeness (QED) is 0.586. The van der Waals surface area contributed by atoms with Gasteiger partial charge in [-0.25, -0.2) is 16.8 Å². The predicted octanol–water partition coefficient (Wildman–Crippen LogP) is 1.30. The molecule has 168 valence electrons. The zero-order valence-electron chi connectivity index (χ0n) is 17.5. The fraction of sp³-hybridized carbons (Fsp3) is 0.650. The summed E-state index contributed by atoms with van der Waals surface area (Å²) in [6, 6.07) is 5.50. The zero-order valence-corrected chi connectivity index (χ0v) is 19.1. The van der Waals surface area contributed by atoms with Gasteiger partial charge in [0.05, 0.1) is 40.8 Å². The molecule has 8 nitrogen and oxygen atoms in total. The van der Waals surface area contributed by atoms with E-state index in [4.69, 9.17) is 9.47 Å². The molecule has 2 fully saturated rings. The first kappa shape index (κ1) is 23.0. The summed E-state index contributed by atoms with van der Waals surface area (Å²) >= 11 is 0.